The van der Waals surface area contributed by atoms with E-state index in [0.717, 1.165) is 29.1 Å². The average Bonchev–Trinajstić information content (AvgIpc) is 3.22. The quantitative estimate of drug-likeness (QED) is 0.593. The number of cyclic esters (lactones) is 1. The number of aryl methyl sites for hydroxylation is 1. The highest BCUT2D eigenvalue weighted by Gasteiger charge is 2.35. The zero-order chi connectivity index (χ0) is 23.9. The third-order valence-electron chi connectivity index (χ3n) is 6.45. The number of hydrogen-bond donors (Lipinski definition) is 1. The van der Waals surface area contributed by atoms with Crippen molar-refractivity contribution >= 4 is 29.1 Å². The first kappa shape index (κ1) is 23.3. The summed E-state index contributed by atoms with van der Waals surface area (Å²) in [5.74, 6) is 0.583. The molecule has 0 aliphatic carbocycles. The van der Waals surface area contributed by atoms with Crippen molar-refractivity contribution in [3.63, 3.8) is 0 Å². The van der Waals surface area contributed by atoms with E-state index in [1.165, 1.54) is 11.1 Å². The van der Waals surface area contributed by atoms with Gasteiger partial charge in [-0.25, -0.2) is 19.2 Å². The van der Waals surface area contributed by atoms with E-state index in [1.54, 1.807) is 12.4 Å². The molecule has 7 nitrogen and oxygen atoms in total. The van der Waals surface area contributed by atoms with Gasteiger partial charge in [0.05, 0.1) is 35.0 Å². The van der Waals surface area contributed by atoms with Crippen LogP contribution in [0.25, 0.3) is 5.57 Å². The maximum Gasteiger partial charge on any atom is 0.407 e. The summed E-state index contributed by atoms with van der Waals surface area (Å²) in [5, 5.41) is 2.61. The Morgan fingerprint density at radius 1 is 1.36 bits per heavy atom. The highest BCUT2D eigenvalue weighted by molar-refractivity contribution is 6.31. The van der Waals surface area contributed by atoms with Crippen LogP contribution in [-0.4, -0.2) is 35.8 Å². The van der Waals surface area contributed by atoms with E-state index >= 15 is 4.39 Å². The number of nitrogens with zero attached hydrogens (tertiary/aromatic N) is 3. The van der Waals surface area contributed by atoms with Crippen LogP contribution in [0.2, 0.25) is 5.02 Å². The van der Waals surface area contributed by atoms with Gasteiger partial charge in [0.25, 0.3) is 0 Å². The third-order valence-corrected chi connectivity index (χ3v) is 6.72. The van der Waals surface area contributed by atoms with Gasteiger partial charge in [-0.2, -0.15) is 0 Å². The summed E-state index contributed by atoms with van der Waals surface area (Å²) >= 11 is 6.36. The van der Waals surface area contributed by atoms with Gasteiger partial charge < -0.3 is 19.7 Å². The SMILES string of the molecule is CCOc1c(C(C)N2CC(CC)=C(C)c3c(C)ncnc32)cc(Cl)c(F)c1C1COC(=O)N1. The number of rotatable bonds is 6. The highest BCUT2D eigenvalue weighted by atomic mass is 35.5. The second-order valence-electron chi connectivity index (χ2n) is 8.28. The number of fused-ring (bicyclic) bond motifs is 1. The van der Waals surface area contributed by atoms with Crippen LogP contribution in [-0.2, 0) is 4.74 Å². The van der Waals surface area contributed by atoms with Crippen LogP contribution in [0.5, 0.6) is 5.75 Å². The standard InChI is InChI=1S/C24H28ClFN4O3/c1-6-15-9-30(23-19(12(15)3)13(4)27-11-28-23)14(5)16-8-17(25)21(26)20(22(16)32-7-2)18-10-33-24(31)29-18/h8,11,14,18H,6-7,9-10H2,1-5H3,(H,29,31). The molecule has 1 saturated heterocycles. The van der Waals surface area contributed by atoms with Crippen molar-refractivity contribution in [2.75, 3.05) is 24.7 Å². The van der Waals surface area contributed by atoms with Crippen molar-refractivity contribution < 1.29 is 18.7 Å². The Morgan fingerprint density at radius 3 is 2.76 bits per heavy atom. The number of benzene rings is 1. The zero-order valence-corrected chi connectivity index (χ0v) is 20.2. The number of carbonyl (C=O) groups is 1. The summed E-state index contributed by atoms with van der Waals surface area (Å²) < 4.78 is 26.2. The molecule has 0 spiro atoms. The number of allylic oxidation sites excluding steroid dienone is 1. The van der Waals surface area contributed by atoms with Gasteiger partial charge in [0, 0.05) is 17.7 Å². The van der Waals surface area contributed by atoms with E-state index in [4.69, 9.17) is 21.1 Å². The largest absolute Gasteiger partial charge is 0.493 e. The molecule has 176 valence electrons. The summed E-state index contributed by atoms with van der Waals surface area (Å²) in [5.41, 5.74) is 5.34. The lowest BCUT2D eigenvalue weighted by Gasteiger charge is -2.38. The Kier molecular flexibility index (Phi) is 6.47. The maximum absolute atomic E-state index is 15.2. The molecule has 2 aromatic rings. The topological polar surface area (TPSA) is 76.6 Å². The minimum absolute atomic E-state index is 0.00483. The monoisotopic (exact) mass is 474 g/mol. The Morgan fingerprint density at radius 2 is 2.12 bits per heavy atom. The second-order valence-corrected chi connectivity index (χ2v) is 8.68. The molecular weight excluding hydrogens is 447 g/mol. The van der Waals surface area contributed by atoms with Gasteiger partial charge in [-0.3, -0.25) is 0 Å². The first-order valence-electron chi connectivity index (χ1n) is 11.1. The smallest absolute Gasteiger partial charge is 0.407 e. The van der Waals surface area contributed by atoms with Crippen LogP contribution >= 0.6 is 11.6 Å². The van der Waals surface area contributed by atoms with E-state index in [9.17, 15) is 4.79 Å². The molecule has 4 rings (SSSR count). The van der Waals surface area contributed by atoms with Gasteiger partial charge in [-0.05, 0) is 51.3 Å². The number of aromatic nitrogens is 2. The lowest BCUT2D eigenvalue weighted by molar-refractivity contribution is 0.176. The highest BCUT2D eigenvalue weighted by Crippen LogP contribution is 2.45. The fraction of sp³-hybridized carbons (Fsp3) is 0.458. The second kappa shape index (κ2) is 9.17. The Bertz CT molecular complexity index is 1140. The van der Waals surface area contributed by atoms with Crippen molar-refractivity contribution in [1.82, 2.24) is 15.3 Å². The Hall–Kier alpha value is -2.87. The van der Waals surface area contributed by atoms with Gasteiger partial charge in [-0.15, -0.1) is 0 Å². The van der Waals surface area contributed by atoms with Crippen LogP contribution in [0.15, 0.2) is 18.0 Å². The first-order valence-corrected chi connectivity index (χ1v) is 11.5. The molecule has 0 bridgehead atoms. The lowest BCUT2D eigenvalue weighted by atomic mass is 9.91. The molecule has 1 fully saturated rings. The molecule has 3 heterocycles. The number of hydrogen-bond acceptors (Lipinski definition) is 6. The van der Waals surface area contributed by atoms with Crippen LogP contribution in [0.3, 0.4) is 0 Å². The van der Waals surface area contributed by atoms with Gasteiger partial charge in [0.15, 0.2) is 5.82 Å². The van der Waals surface area contributed by atoms with Crippen molar-refractivity contribution in [3.8, 4) is 5.75 Å². The Labute approximate surface area is 198 Å². The van der Waals surface area contributed by atoms with Crippen molar-refractivity contribution in [3.05, 3.63) is 51.2 Å². The van der Waals surface area contributed by atoms with Crippen LogP contribution in [0, 0.1) is 12.7 Å². The van der Waals surface area contributed by atoms with E-state index < -0.39 is 18.0 Å². The van der Waals surface area contributed by atoms with Gasteiger partial charge >= 0.3 is 6.09 Å². The van der Waals surface area contributed by atoms with Crippen LogP contribution < -0.4 is 15.0 Å². The molecule has 1 amide bonds. The van der Waals surface area contributed by atoms with Crippen molar-refractivity contribution in [2.45, 2.75) is 53.1 Å². The number of halogens is 2. The fourth-order valence-corrected chi connectivity index (χ4v) is 4.89. The summed E-state index contributed by atoms with van der Waals surface area (Å²) in [4.78, 5) is 22.9. The summed E-state index contributed by atoms with van der Waals surface area (Å²) in [6, 6.07) is 0.678. The Balaban J connectivity index is 1.87. The molecule has 2 atom stereocenters. The molecular formula is C24H28ClFN4O3. The van der Waals surface area contributed by atoms with E-state index in [-0.39, 0.29) is 23.2 Å². The van der Waals surface area contributed by atoms with Gasteiger partial charge in [0.2, 0.25) is 0 Å². The molecule has 0 saturated carbocycles. The van der Waals surface area contributed by atoms with E-state index in [2.05, 4.69) is 34.0 Å². The first-order chi connectivity index (χ1) is 15.8. The number of nitrogens with one attached hydrogen (secondary N) is 1. The minimum Gasteiger partial charge on any atom is -0.493 e. The lowest BCUT2D eigenvalue weighted by Crippen LogP contribution is -2.34. The summed E-state index contributed by atoms with van der Waals surface area (Å²) in [6.45, 7) is 11.1. The fourth-order valence-electron chi connectivity index (χ4n) is 4.68. The molecule has 2 aliphatic rings. The average molecular weight is 475 g/mol. The summed E-state index contributed by atoms with van der Waals surface area (Å²) in [7, 11) is 0. The van der Waals surface area contributed by atoms with Crippen LogP contribution in [0.4, 0.5) is 15.0 Å². The van der Waals surface area contributed by atoms with E-state index in [1.807, 2.05) is 20.8 Å². The molecule has 2 aliphatic heterocycles. The van der Waals surface area contributed by atoms with E-state index in [0.29, 0.717) is 18.9 Å². The predicted molar refractivity (Wildman–Crippen MR) is 125 cm³/mol. The number of anilines is 1. The number of alkyl carbamates (subject to hydrolysis) is 1. The maximum atomic E-state index is 15.2. The van der Waals surface area contributed by atoms with Crippen molar-refractivity contribution in [2.24, 2.45) is 0 Å². The van der Waals surface area contributed by atoms with Crippen LogP contribution in [0.1, 0.15) is 68.6 Å². The summed E-state index contributed by atoms with van der Waals surface area (Å²) in [6.07, 6.45) is 1.86. The number of ether oxygens (including phenoxy) is 2. The molecule has 0 radical (unpaired) electrons. The molecule has 33 heavy (non-hydrogen) atoms. The molecule has 1 aromatic carbocycles. The molecule has 1 aromatic heterocycles. The van der Waals surface area contributed by atoms with Gasteiger partial charge in [0.1, 0.15) is 24.5 Å². The van der Waals surface area contributed by atoms with Crippen molar-refractivity contribution in [1.29, 1.82) is 0 Å². The molecule has 1 N–H and O–H groups in total. The molecule has 9 heteroatoms. The molecule has 2 unspecified atom stereocenters. The third kappa shape index (κ3) is 4.01. The predicted octanol–water partition coefficient (Wildman–Crippen LogP) is 5.52. The van der Waals surface area contributed by atoms with Gasteiger partial charge in [-0.1, -0.05) is 18.5 Å². The minimum atomic E-state index is -0.685. The normalized spacial score (nSPS) is 18.7. The number of amides is 1. The number of carbonyl (C=O) groups excluding carboxylic acids is 1. The zero-order valence-electron chi connectivity index (χ0n) is 19.5.